The van der Waals surface area contributed by atoms with Gasteiger partial charge in [0.15, 0.2) is 5.78 Å². The predicted molar refractivity (Wildman–Crippen MR) is 82.9 cm³/mol. The van der Waals surface area contributed by atoms with Crippen molar-refractivity contribution >= 4 is 17.4 Å². The molecule has 1 aliphatic rings. The average molecular weight is 348 g/mol. The normalized spacial score (nSPS) is 13.8. The Hall–Kier alpha value is -3.16. The van der Waals surface area contributed by atoms with E-state index in [9.17, 15) is 27.6 Å². The zero-order chi connectivity index (χ0) is 18.4. The average Bonchev–Trinajstić information content (AvgIpc) is 2.79. The molecular weight excluding hydrogens is 337 g/mol. The Labute approximate surface area is 139 Å². The van der Waals surface area contributed by atoms with E-state index in [1.165, 1.54) is 6.92 Å². The second kappa shape index (κ2) is 5.73. The number of amides is 1. The third-order valence-electron chi connectivity index (χ3n) is 3.85. The Kier molecular flexibility index (Phi) is 3.82. The van der Waals surface area contributed by atoms with Gasteiger partial charge in [0.2, 0.25) is 0 Å². The summed E-state index contributed by atoms with van der Waals surface area (Å²) < 4.78 is 37.7. The van der Waals surface area contributed by atoms with Crippen molar-refractivity contribution in [2.24, 2.45) is 0 Å². The number of rotatable bonds is 2. The van der Waals surface area contributed by atoms with Gasteiger partial charge < -0.3 is 10.3 Å². The number of allylic oxidation sites excluding steroid dienone is 1. The van der Waals surface area contributed by atoms with Crippen LogP contribution in [0.25, 0.3) is 5.70 Å². The highest BCUT2D eigenvalue weighted by Gasteiger charge is 2.33. The van der Waals surface area contributed by atoms with E-state index in [1.807, 2.05) is 0 Å². The molecule has 1 aromatic carbocycles. The molecule has 0 atom stereocenters. The van der Waals surface area contributed by atoms with Crippen molar-refractivity contribution in [3.05, 3.63) is 74.7 Å². The summed E-state index contributed by atoms with van der Waals surface area (Å²) in [5.41, 5.74) is -1.44. The van der Waals surface area contributed by atoms with Gasteiger partial charge in [-0.15, -0.1) is 0 Å². The highest BCUT2D eigenvalue weighted by Crippen LogP contribution is 2.31. The molecular formula is C17H11F3N2O3. The number of carbonyl (C=O) groups is 2. The standard InChI is InChI=1S/C17H11F3N2O3/c1-8-13(9-4-2-3-5-10(9)14(8)23)22-16(25)11-6-7-12(17(18,19)20)21-15(11)24/h2-7H,1H3,(H,21,24)(H,22,25). The van der Waals surface area contributed by atoms with E-state index in [1.54, 1.807) is 29.2 Å². The number of pyridine rings is 1. The Bertz CT molecular complexity index is 987. The van der Waals surface area contributed by atoms with Crippen LogP contribution >= 0.6 is 0 Å². The number of fused-ring (bicyclic) bond motifs is 1. The van der Waals surface area contributed by atoms with Crippen LogP contribution in [-0.4, -0.2) is 16.7 Å². The maximum atomic E-state index is 12.6. The molecule has 0 aliphatic heterocycles. The van der Waals surface area contributed by atoms with E-state index >= 15 is 0 Å². The van der Waals surface area contributed by atoms with Gasteiger partial charge in [0.25, 0.3) is 11.5 Å². The number of hydrogen-bond acceptors (Lipinski definition) is 3. The van der Waals surface area contributed by atoms with Crippen molar-refractivity contribution in [3.63, 3.8) is 0 Å². The lowest BCUT2D eigenvalue weighted by molar-refractivity contribution is -0.141. The van der Waals surface area contributed by atoms with E-state index in [4.69, 9.17) is 0 Å². The number of aromatic nitrogens is 1. The number of nitrogens with one attached hydrogen (secondary N) is 2. The lowest BCUT2D eigenvalue weighted by atomic mass is 10.1. The molecule has 1 amide bonds. The van der Waals surface area contributed by atoms with E-state index in [2.05, 4.69) is 5.32 Å². The molecule has 0 fully saturated rings. The van der Waals surface area contributed by atoms with Crippen LogP contribution in [-0.2, 0) is 6.18 Å². The fraction of sp³-hybridized carbons (Fsp3) is 0.118. The van der Waals surface area contributed by atoms with Crippen molar-refractivity contribution in [3.8, 4) is 0 Å². The first-order valence-corrected chi connectivity index (χ1v) is 7.17. The lowest BCUT2D eigenvalue weighted by Gasteiger charge is -2.10. The van der Waals surface area contributed by atoms with Crippen LogP contribution in [0.15, 0.2) is 46.8 Å². The Morgan fingerprint density at radius 2 is 1.68 bits per heavy atom. The van der Waals surface area contributed by atoms with E-state index in [0.717, 1.165) is 6.07 Å². The summed E-state index contributed by atoms with van der Waals surface area (Å²) >= 11 is 0. The summed E-state index contributed by atoms with van der Waals surface area (Å²) in [5, 5.41) is 2.45. The van der Waals surface area contributed by atoms with Crippen molar-refractivity contribution in [1.29, 1.82) is 0 Å². The smallest absolute Gasteiger partial charge is 0.321 e. The van der Waals surface area contributed by atoms with Crippen LogP contribution in [0.5, 0.6) is 0 Å². The minimum Gasteiger partial charge on any atom is -0.321 e. The number of halogens is 3. The molecule has 1 aliphatic carbocycles. The Morgan fingerprint density at radius 3 is 2.28 bits per heavy atom. The molecule has 0 radical (unpaired) electrons. The maximum Gasteiger partial charge on any atom is 0.431 e. The number of carbonyl (C=O) groups excluding carboxylic acids is 2. The minimum atomic E-state index is -4.72. The highest BCUT2D eigenvalue weighted by atomic mass is 19.4. The summed E-state index contributed by atoms with van der Waals surface area (Å²) in [5.74, 6) is -1.15. The molecule has 2 aromatic rings. The van der Waals surface area contributed by atoms with E-state index in [0.29, 0.717) is 17.2 Å². The van der Waals surface area contributed by atoms with E-state index in [-0.39, 0.29) is 17.1 Å². The number of aromatic amines is 1. The third-order valence-corrected chi connectivity index (χ3v) is 3.85. The van der Waals surface area contributed by atoms with Crippen LogP contribution < -0.4 is 10.9 Å². The van der Waals surface area contributed by atoms with Gasteiger partial charge in [0, 0.05) is 16.7 Å². The molecule has 0 spiro atoms. The van der Waals surface area contributed by atoms with Gasteiger partial charge in [-0.1, -0.05) is 24.3 Å². The largest absolute Gasteiger partial charge is 0.431 e. The number of hydrogen-bond donors (Lipinski definition) is 2. The number of H-pyrrole nitrogens is 1. The second-order valence-electron chi connectivity index (χ2n) is 5.44. The molecule has 128 valence electrons. The first kappa shape index (κ1) is 16.7. The van der Waals surface area contributed by atoms with Crippen LogP contribution in [0, 0.1) is 0 Å². The molecule has 5 nitrogen and oxygen atoms in total. The molecule has 1 heterocycles. The Balaban J connectivity index is 1.94. The minimum absolute atomic E-state index is 0.241. The fourth-order valence-corrected chi connectivity index (χ4v) is 2.58. The molecule has 3 rings (SSSR count). The third kappa shape index (κ3) is 2.86. The van der Waals surface area contributed by atoms with Gasteiger partial charge in [-0.2, -0.15) is 13.2 Å². The van der Waals surface area contributed by atoms with Crippen molar-refractivity contribution in [2.75, 3.05) is 0 Å². The van der Waals surface area contributed by atoms with Gasteiger partial charge >= 0.3 is 6.18 Å². The molecule has 1 aromatic heterocycles. The van der Waals surface area contributed by atoms with Gasteiger partial charge in [-0.05, 0) is 19.1 Å². The fourth-order valence-electron chi connectivity index (χ4n) is 2.58. The first-order valence-electron chi connectivity index (χ1n) is 7.17. The molecule has 25 heavy (non-hydrogen) atoms. The molecule has 0 saturated carbocycles. The number of benzene rings is 1. The summed E-state index contributed by atoms with van der Waals surface area (Å²) in [6.07, 6.45) is -4.72. The zero-order valence-corrected chi connectivity index (χ0v) is 12.8. The van der Waals surface area contributed by atoms with Crippen LogP contribution in [0.1, 0.15) is 38.9 Å². The first-order chi connectivity index (χ1) is 11.7. The van der Waals surface area contributed by atoms with Gasteiger partial charge in [-0.25, -0.2) is 0 Å². The van der Waals surface area contributed by atoms with Crippen molar-refractivity contribution in [1.82, 2.24) is 10.3 Å². The lowest BCUT2D eigenvalue weighted by Crippen LogP contribution is -2.30. The number of ketones is 1. The monoisotopic (exact) mass is 348 g/mol. The van der Waals surface area contributed by atoms with Crippen LogP contribution in [0.4, 0.5) is 13.2 Å². The number of Topliss-reactive ketones (excluding diaryl/α,β-unsaturated/α-hetero) is 1. The van der Waals surface area contributed by atoms with Gasteiger partial charge in [-0.3, -0.25) is 14.4 Å². The molecule has 0 unspecified atom stereocenters. The van der Waals surface area contributed by atoms with Gasteiger partial charge in [0.1, 0.15) is 11.3 Å². The van der Waals surface area contributed by atoms with Gasteiger partial charge in [0.05, 0.1) is 5.70 Å². The molecule has 8 heteroatoms. The maximum absolute atomic E-state index is 12.6. The summed E-state index contributed by atoms with van der Waals surface area (Å²) in [6.45, 7) is 1.52. The molecule has 0 bridgehead atoms. The van der Waals surface area contributed by atoms with Crippen molar-refractivity contribution < 1.29 is 22.8 Å². The summed E-state index contributed by atoms with van der Waals surface area (Å²) in [4.78, 5) is 37.9. The quantitative estimate of drug-likeness (QED) is 0.876. The topological polar surface area (TPSA) is 79.0 Å². The molecule has 0 saturated heterocycles. The summed E-state index contributed by atoms with van der Waals surface area (Å²) in [7, 11) is 0. The zero-order valence-electron chi connectivity index (χ0n) is 12.8. The van der Waals surface area contributed by atoms with Crippen LogP contribution in [0.2, 0.25) is 0 Å². The number of alkyl halides is 3. The molecule has 2 N–H and O–H groups in total. The highest BCUT2D eigenvalue weighted by molar-refractivity contribution is 6.21. The van der Waals surface area contributed by atoms with E-state index < -0.39 is 28.9 Å². The van der Waals surface area contributed by atoms with Crippen molar-refractivity contribution in [2.45, 2.75) is 13.1 Å². The Morgan fingerprint density at radius 1 is 1.04 bits per heavy atom. The predicted octanol–water partition coefficient (Wildman–Crippen LogP) is 2.75. The van der Waals surface area contributed by atoms with Crippen LogP contribution in [0.3, 0.4) is 0 Å². The SMILES string of the molecule is CC1=C(NC(=O)c2ccc(C(F)(F)F)[nH]c2=O)c2ccccc2C1=O. The second-order valence-corrected chi connectivity index (χ2v) is 5.44. The summed E-state index contributed by atoms with van der Waals surface area (Å²) in [6, 6.07) is 8.01.